The molecule has 2 aliphatic carbocycles. The molecule has 2 bridgehead atoms. The Bertz CT molecular complexity index is 1190. The average Bonchev–Trinajstić information content (AvgIpc) is 3.55. The number of fused-ring (bicyclic) bond motifs is 2. The first-order valence-corrected chi connectivity index (χ1v) is 15.9. The number of hydrogen-bond acceptors (Lipinski definition) is 3. The molecule has 2 aliphatic rings. The second-order valence-electron chi connectivity index (χ2n) is 11.8. The third-order valence-corrected chi connectivity index (χ3v) is 10.6. The summed E-state index contributed by atoms with van der Waals surface area (Å²) in [6, 6.07) is 0. The molecule has 0 saturated heterocycles. The lowest BCUT2D eigenvalue weighted by molar-refractivity contribution is -0.461. The molecule has 2 fully saturated rings. The maximum atomic E-state index is 14.5. The Balaban J connectivity index is 2.34. The topological polar surface area (TPSA) is 40.6 Å². The van der Waals surface area contributed by atoms with Crippen LogP contribution in [-0.4, -0.2) is 106 Å². The Hall–Kier alpha value is -1.90. The standard InChI is InChI=1S/C27H33F17N2O2S/c1-5-45(6-2)18(47)16-13-11-14(17(16)19(48)46(7-3)8-4)15(12-13)49-10-9-20(28,29)21(30,31)22(32,33)23(34,35)24(36,37)25(38,39)26(40,41)27(42,43)44/h13-17H,5-12H2,1-4H3. The number of carbonyl (C=O) groups excluding carboxylic acids is 2. The molecule has 0 aliphatic heterocycles. The van der Waals surface area contributed by atoms with Crippen LogP contribution < -0.4 is 0 Å². The van der Waals surface area contributed by atoms with E-state index in [9.17, 15) is 84.2 Å². The van der Waals surface area contributed by atoms with Crippen molar-refractivity contribution in [1.82, 2.24) is 9.80 Å². The van der Waals surface area contributed by atoms with Crippen molar-refractivity contribution in [3.63, 3.8) is 0 Å². The minimum atomic E-state index is -8.66. The Morgan fingerprint density at radius 2 is 0.918 bits per heavy atom. The summed E-state index contributed by atoms with van der Waals surface area (Å²) in [6.07, 6.45) is -10.1. The number of hydrogen-bond donors (Lipinski definition) is 0. The minimum Gasteiger partial charge on any atom is -0.343 e. The summed E-state index contributed by atoms with van der Waals surface area (Å²) in [6.45, 7) is 7.55. The van der Waals surface area contributed by atoms with Crippen LogP contribution >= 0.6 is 11.8 Å². The van der Waals surface area contributed by atoms with Crippen LogP contribution in [0, 0.1) is 23.7 Å². The van der Waals surface area contributed by atoms with Gasteiger partial charge in [0.2, 0.25) is 11.8 Å². The molecule has 0 spiro atoms. The second-order valence-corrected chi connectivity index (χ2v) is 13.1. The SMILES string of the molecule is CCN(CC)C(=O)C1C2CC(SCCC(F)(F)C(F)(F)C(F)(F)C(F)(F)C(F)(F)C(F)(F)C(F)(F)C(F)(F)F)C(C2)C1C(=O)N(CC)CC. The lowest BCUT2D eigenvalue weighted by Crippen LogP contribution is -2.74. The fraction of sp³-hybridized carbons (Fsp3) is 0.926. The number of thioether (sulfide) groups is 1. The van der Waals surface area contributed by atoms with Crippen LogP contribution in [0.25, 0.3) is 0 Å². The summed E-state index contributed by atoms with van der Waals surface area (Å²) in [5.74, 6) is -61.8. The van der Waals surface area contributed by atoms with Gasteiger partial charge in [-0.15, -0.1) is 0 Å². The predicted molar refractivity (Wildman–Crippen MR) is 141 cm³/mol. The van der Waals surface area contributed by atoms with E-state index in [1.54, 1.807) is 27.7 Å². The zero-order valence-electron chi connectivity index (χ0n) is 26.1. The number of nitrogens with zero attached hydrogens (tertiary/aromatic N) is 2. The third kappa shape index (κ3) is 6.65. The van der Waals surface area contributed by atoms with E-state index in [0.717, 1.165) is 0 Å². The zero-order chi connectivity index (χ0) is 38.6. The summed E-state index contributed by atoms with van der Waals surface area (Å²) in [5.41, 5.74) is 0. The lowest BCUT2D eigenvalue weighted by Gasteiger charge is -2.43. The van der Waals surface area contributed by atoms with Gasteiger partial charge in [0.05, 0.1) is 11.8 Å². The van der Waals surface area contributed by atoms with Crippen molar-refractivity contribution in [2.75, 3.05) is 31.9 Å². The largest absolute Gasteiger partial charge is 0.460 e. The molecule has 22 heteroatoms. The third-order valence-electron chi connectivity index (χ3n) is 9.20. The van der Waals surface area contributed by atoms with Crippen LogP contribution in [0.5, 0.6) is 0 Å². The molecule has 0 aromatic rings. The van der Waals surface area contributed by atoms with Crippen LogP contribution in [-0.2, 0) is 9.59 Å². The highest BCUT2D eigenvalue weighted by Crippen LogP contribution is 2.64. The van der Waals surface area contributed by atoms with Gasteiger partial charge >= 0.3 is 47.6 Å². The first-order valence-electron chi connectivity index (χ1n) is 14.8. The molecule has 0 aromatic heterocycles. The van der Waals surface area contributed by atoms with E-state index in [1.165, 1.54) is 9.80 Å². The molecule has 2 saturated carbocycles. The molecule has 5 unspecified atom stereocenters. The van der Waals surface area contributed by atoms with Crippen molar-refractivity contribution in [3.05, 3.63) is 0 Å². The van der Waals surface area contributed by atoms with Crippen LogP contribution in [0.3, 0.4) is 0 Å². The molecule has 2 rings (SSSR count). The normalized spacial score (nSPS) is 24.4. The average molecular weight is 773 g/mol. The van der Waals surface area contributed by atoms with Crippen LogP contribution in [0.4, 0.5) is 74.6 Å². The van der Waals surface area contributed by atoms with E-state index in [-0.39, 0.29) is 44.9 Å². The monoisotopic (exact) mass is 772 g/mol. The van der Waals surface area contributed by atoms with Gasteiger partial charge in [-0.05, 0) is 58.1 Å². The van der Waals surface area contributed by atoms with E-state index >= 15 is 0 Å². The Labute approximate surface area is 273 Å². The van der Waals surface area contributed by atoms with E-state index in [1.807, 2.05) is 0 Å². The Morgan fingerprint density at radius 1 is 0.551 bits per heavy atom. The van der Waals surface area contributed by atoms with Crippen molar-refractivity contribution in [2.24, 2.45) is 23.7 Å². The van der Waals surface area contributed by atoms with Gasteiger partial charge in [-0.1, -0.05) is 0 Å². The lowest BCUT2D eigenvalue weighted by atomic mass is 9.77. The van der Waals surface area contributed by atoms with Gasteiger partial charge in [0, 0.05) is 37.8 Å². The number of rotatable bonds is 16. The minimum absolute atomic E-state index is 0.0277. The number of carbonyl (C=O) groups is 2. The van der Waals surface area contributed by atoms with Gasteiger partial charge in [-0.3, -0.25) is 9.59 Å². The second kappa shape index (κ2) is 13.9. The summed E-state index contributed by atoms with van der Waals surface area (Å²) in [5, 5.41) is -0.866. The number of amides is 2. The molecule has 0 radical (unpaired) electrons. The Morgan fingerprint density at radius 3 is 1.31 bits per heavy atom. The van der Waals surface area contributed by atoms with E-state index < -0.39 is 94.6 Å². The van der Waals surface area contributed by atoms with Crippen LogP contribution in [0.1, 0.15) is 47.0 Å². The van der Waals surface area contributed by atoms with Gasteiger partial charge in [0.15, 0.2) is 0 Å². The molecule has 288 valence electrons. The maximum absolute atomic E-state index is 14.5. The van der Waals surface area contributed by atoms with Gasteiger partial charge in [0.25, 0.3) is 0 Å². The quantitative estimate of drug-likeness (QED) is 0.148. The highest BCUT2D eigenvalue weighted by Gasteiger charge is 2.95. The highest BCUT2D eigenvalue weighted by atomic mass is 32.2. The van der Waals surface area contributed by atoms with Crippen LogP contribution in [0.15, 0.2) is 0 Å². The molecule has 0 aromatic carbocycles. The smallest absolute Gasteiger partial charge is 0.343 e. The summed E-state index contributed by atoms with van der Waals surface area (Å²) in [4.78, 5) is 29.6. The molecule has 49 heavy (non-hydrogen) atoms. The fourth-order valence-corrected chi connectivity index (χ4v) is 7.96. The molecule has 5 atom stereocenters. The molecule has 0 N–H and O–H groups in total. The van der Waals surface area contributed by atoms with Gasteiger partial charge in [0.1, 0.15) is 0 Å². The van der Waals surface area contributed by atoms with E-state index in [2.05, 4.69) is 0 Å². The van der Waals surface area contributed by atoms with Crippen molar-refractivity contribution in [3.8, 4) is 0 Å². The van der Waals surface area contributed by atoms with Crippen molar-refractivity contribution < 1.29 is 84.2 Å². The highest BCUT2D eigenvalue weighted by molar-refractivity contribution is 7.99. The van der Waals surface area contributed by atoms with Crippen molar-refractivity contribution in [2.45, 2.75) is 99.8 Å². The predicted octanol–water partition coefficient (Wildman–Crippen LogP) is 8.50. The van der Waals surface area contributed by atoms with E-state index in [4.69, 9.17) is 0 Å². The zero-order valence-corrected chi connectivity index (χ0v) is 26.9. The van der Waals surface area contributed by atoms with Gasteiger partial charge in [-0.2, -0.15) is 86.4 Å². The van der Waals surface area contributed by atoms with Crippen LogP contribution in [0.2, 0.25) is 0 Å². The molecular formula is C27H33F17N2O2S. The van der Waals surface area contributed by atoms with E-state index in [0.29, 0.717) is 11.8 Å². The maximum Gasteiger partial charge on any atom is 0.460 e. The van der Waals surface area contributed by atoms with Gasteiger partial charge < -0.3 is 9.80 Å². The first kappa shape index (κ1) is 43.3. The van der Waals surface area contributed by atoms with Crippen molar-refractivity contribution in [1.29, 1.82) is 0 Å². The molecular weight excluding hydrogens is 739 g/mol. The molecule has 0 heterocycles. The Kier molecular flexibility index (Phi) is 12.3. The number of halogens is 17. The molecule has 2 amide bonds. The summed E-state index contributed by atoms with van der Waals surface area (Å²) in [7, 11) is 0. The van der Waals surface area contributed by atoms with Gasteiger partial charge in [-0.25, -0.2) is 0 Å². The number of alkyl halides is 17. The fourth-order valence-electron chi connectivity index (χ4n) is 6.37. The summed E-state index contributed by atoms with van der Waals surface area (Å²) < 4.78 is 231. The first-order chi connectivity index (χ1) is 21.9. The van der Waals surface area contributed by atoms with Crippen molar-refractivity contribution >= 4 is 23.6 Å². The summed E-state index contributed by atoms with van der Waals surface area (Å²) >= 11 is 0.372. The molecule has 4 nitrogen and oxygen atoms in total.